The zero-order chi connectivity index (χ0) is 22.0. The van der Waals surface area contributed by atoms with Crippen LogP contribution in [0.1, 0.15) is 48.8 Å². The van der Waals surface area contributed by atoms with Crippen LogP contribution >= 0.6 is 0 Å². The number of nitrogens with one attached hydrogen (secondary N) is 2. The maximum absolute atomic E-state index is 13.0. The van der Waals surface area contributed by atoms with Crippen molar-refractivity contribution in [2.24, 2.45) is 0 Å². The second kappa shape index (κ2) is 9.07. The fourth-order valence-corrected chi connectivity index (χ4v) is 6.08. The SMILES string of the molecule is O=C(CC1C(=O)NCCN1C1Cc2ccccc2C1)NCC1(c2ccccc2)CCCC1. The van der Waals surface area contributed by atoms with E-state index in [9.17, 15) is 9.59 Å². The highest BCUT2D eigenvalue weighted by Crippen LogP contribution is 2.40. The van der Waals surface area contributed by atoms with Crippen molar-refractivity contribution in [2.75, 3.05) is 19.6 Å². The Kier molecular flexibility index (Phi) is 6.01. The summed E-state index contributed by atoms with van der Waals surface area (Å²) in [5.74, 6) is -0.0317. The van der Waals surface area contributed by atoms with E-state index in [0.717, 1.165) is 32.2 Å². The van der Waals surface area contributed by atoms with Crippen LogP contribution in [0, 0.1) is 0 Å². The molecule has 0 radical (unpaired) electrons. The molecule has 5 heteroatoms. The van der Waals surface area contributed by atoms with Crippen LogP contribution < -0.4 is 10.6 Å². The predicted molar refractivity (Wildman–Crippen MR) is 125 cm³/mol. The van der Waals surface area contributed by atoms with E-state index in [2.05, 4.69) is 64.1 Å². The molecular weight excluding hydrogens is 398 g/mol. The third-order valence-corrected chi connectivity index (χ3v) is 7.82. The Balaban J connectivity index is 1.25. The van der Waals surface area contributed by atoms with Gasteiger partial charge in [-0.2, -0.15) is 0 Å². The highest BCUT2D eigenvalue weighted by Gasteiger charge is 2.39. The molecule has 168 valence electrons. The third-order valence-electron chi connectivity index (χ3n) is 7.82. The zero-order valence-corrected chi connectivity index (χ0v) is 18.7. The summed E-state index contributed by atoms with van der Waals surface area (Å²) in [6, 6.07) is 19.0. The quantitative estimate of drug-likeness (QED) is 0.739. The monoisotopic (exact) mass is 431 g/mol. The molecule has 1 unspecified atom stereocenters. The van der Waals surface area contributed by atoms with Gasteiger partial charge in [0.2, 0.25) is 11.8 Å². The lowest BCUT2D eigenvalue weighted by molar-refractivity contribution is -0.135. The molecule has 2 aliphatic carbocycles. The lowest BCUT2D eigenvalue weighted by Gasteiger charge is -2.39. The van der Waals surface area contributed by atoms with Crippen LogP contribution in [-0.2, 0) is 27.8 Å². The van der Waals surface area contributed by atoms with Gasteiger partial charge in [0, 0.05) is 31.1 Å². The number of benzene rings is 2. The summed E-state index contributed by atoms with van der Waals surface area (Å²) in [4.78, 5) is 28.1. The molecule has 1 heterocycles. The summed E-state index contributed by atoms with van der Waals surface area (Å²) in [6.45, 7) is 2.11. The number of carbonyl (C=O) groups excluding carboxylic acids is 2. The minimum atomic E-state index is -0.390. The summed E-state index contributed by atoms with van der Waals surface area (Å²) in [6.07, 6.45) is 6.75. The third kappa shape index (κ3) is 4.18. The fraction of sp³-hybridized carbons (Fsp3) is 0.481. The number of carbonyl (C=O) groups is 2. The lowest BCUT2D eigenvalue weighted by atomic mass is 9.79. The van der Waals surface area contributed by atoms with Crippen LogP contribution in [0.3, 0.4) is 0 Å². The first kappa shape index (κ1) is 21.2. The largest absolute Gasteiger partial charge is 0.355 e. The highest BCUT2D eigenvalue weighted by molar-refractivity contribution is 5.89. The molecule has 2 amide bonds. The first-order valence-electron chi connectivity index (χ1n) is 12.1. The van der Waals surface area contributed by atoms with Crippen LogP contribution in [0.4, 0.5) is 0 Å². The number of piperazine rings is 1. The minimum absolute atomic E-state index is 0.0130. The van der Waals surface area contributed by atoms with Crippen LogP contribution in [0.15, 0.2) is 54.6 Å². The number of nitrogens with zero attached hydrogens (tertiary/aromatic N) is 1. The molecule has 2 N–H and O–H groups in total. The lowest BCUT2D eigenvalue weighted by Crippen LogP contribution is -2.60. The first-order chi connectivity index (χ1) is 15.6. The zero-order valence-electron chi connectivity index (χ0n) is 18.7. The van der Waals surface area contributed by atoms with Gasteiger partial charge in [-0.25, -0.2) is 0 Å². The molecule has 1 saturated heterocycles. The maximum atomic E-state index is 13.0. The van der Waals surface area contributed by atoms with Gasteiger partial charge in [0.15, 0.2) is 0 Å². The van der Waals surface area contributed by atoms with E-state index < -0.39 is 0 Å². The average molecular weight is 432 g/mol. The Morgan fingerprint density at radius 2 is 1.66 bits per heavy atom. The smallest absolute Gasteiger partial charge is 0.237 e. The van der Waals surface area contributed by atoms with Gasteiger partial charge >= 0.3 is 0 Å². The van der Waals surface area contributed by atoms with Gasteiger partial charge in [0.05, 0.1) is 12.5 Å². The molecule has 3 aliphatic rings. The molecule has 2 aromatic carbocycles. The van der Waals surface area contributed by atoms with Crippen molar-refractivity contribution in [2.45, 2.75) is 62.4 Å². The van der Waals surface area contributed by atoms with Crippen LogP contribution in [0.2, 0.25) is 0 Å². The first-order valence-corrected chi connectivity index (χ1v) is 12.1. The summed E-state index contributed by atoms with van der Waals surface area (Å²) in [7, 11) is 0. The number of hydrogen-bond acceptors (Lipinski definition) is 3. The van der Waals surface area contributed by atoms with Crippen molar-refractivity contribution < 1.29 is 9.59 Å². The van der Waals surface area contributed by atoms with Gasteiger partial charge in [-0.1, -0.05) is 67.4 Å². The molecule has 2 fully saturated rings. The van der Waals surface area contributed by atoms with Gasteiger partial charge in [-0.3, -0.25) is 14.5 Å². The van der Waals surface area contributed by atoms with Gasteiger partial charge in [-0.05, 0) is 42.4 Å². The molecule has 0 aromatic heterocycles. The second-order valence-electron chi connectivity index (χ2n) is 9.71. The van der Waals surface area contributed by atoms with Gasteiger partial charge in [-0.15, -0.1) is 0 Å². The van der Waals surface area contributed by atoms with E-state index in [4.69, 9.17) is 0 Å². The van der Waals surface area contributed by atoms with Crippen LogP contribution in [-0.4, -0.2) is 48.4 Å². The second-order valence-corrected chi connectivity index (χ2v) is 9.71. The maximum Gasteiger partial charge on any atom is 0.237 e. The van der Waals surface area contributed by atoms with Crippen molar-refractivity contribution in [3.05, 3.63) is 71.3 Å². The van der Waals surface area contributed by atoms with Crippen LogP contribution in [0.25, 0.3) is 0 Å². The average Bonchev–Trinajstić information content (AvgIpc) is 3.47. The molecule has 1 atom stereocenters. The number of amides is 2. The van der Waals surface area contributed by atoms with Gasteiger partial charge < -0.3 is 10.6 Å². The molecule has 1 aliphatic heterocycles. The fourth-order valence-electron chi connectivity index (χ4n) is 6.08. The Morgan fingerprint density at radius 3 is 2.34 bits per heavy atom. The Morgan fingerprint density at radius 1 is 1.00 bits per heavy atom. The Labute approximate surface area is 190 Å². The van der Waals surface area contributed by atoms with E-state index in [-0.39, 0.29) is 29.7 Å². The minimum Gasteiger partial charge on any atom is -0.355 e. The standard InChI is InChI=1S/C27H33N3O2/c31-25(29-19-27(12-6-7-13-27)22-10-2-1-3-11-22)18-24-26(32)28-14-15-30(24)23-16-20-8-4-5-9-21(20)17-23/h1-5,8-11,23-24H,6-7,12-19H2,(H,28,32)(H,29,31). The van der Waals surface area contributed by atoms with Crippen LogP contribution in [0.5, 0.6) is 0 Å². The summed E-state index contributed by atoms with van der Waals surface area (Å²) in [5.41, 5.74) is 4.09. The molecule has 2 aromatic rings. The number of rotatable bonds is 6. The van der Waals surface area contributed by atoms with Crippen molar-refractivity contribution in [1.29, 1.82) is 0 Å². The Hall–Kier alpha value is -2.66. The van der Waals surface area contributed by atoms with Crippen molar-refractivity contribution in [3.63, 3.8) is 0 Å². The van der Waals surface area contributed by atoms with E-state index in [0.29, 0.717) is 19.1 Å². The van der Waals surface area contributed by atoms with E-state index in [1.54, 1.807) is 0 Å². The highest BCUT2D eigenvalue weighted by atomic mass is 16.2. The molecular formula is C27H33N3O2. The molecule has 0 bridgehead atoms. The van der Waals surface area contributed by atoms with E-state index in [1.165, 1.54) is 29.5 Å². The molecule has 32 heavy (non-hydrogen) atoms. The molecule has 0 spiro atoms. The van der Waals surface area contributed by atoms with Gasteiger partial charge in [0.25, 0.3) is 0 Å². The van der Waals surface area contributed by atoms with Crippen molar-refractivity contribution in [3.8, 4) is 0 Å². The number of hydrogen-bond donors (Lipinski definition) is 2. The molecule has 1 saturated carbocycles. The normalized spacial score (nSPS) is 23.0. The predicted octanol–water partition coefficient (Wildman–Crippen LogP) is 2.97. The van der Waals surface area contributed by atoms with E-state index >= 15 is 0 Å². The van der Waals surface area contributed by atoms with Crippen molar-refractivity contribution >= 4 is 11.8 Å². The number of fused-ring (bicyclic) bond motifs is 1. The van der Waals surface area contributed by atoms with E-state index in [1.807, 2.05) is 6.07 Å². The summed E-state index contributed by atoms with van der Waals surface area (Å²) < 4.78 is 0. The summed E-state index contributed by atoms with van der Waals surface area (Å²) in [5, 5.41) is 6.20. The topological polar surface area (TPSA) is 61.4 Å². The van der Waals surface area contributed by atoms with Crippen molar-refractivity contribution in [1.82, 2.24) is 15.5 Å². The molecule has 5 rings (SSSR count). The Bertz CT molecular complexity index is 943. The summed E-state index contributed by atoms with van der Waals surface area (Å²) >= 11 is 0. The molecule has 5 nitrogen and oxygen atoms in total. The van der Waals surface area contributed by atoms with Gasteiger partial charge in [0.1, 0.15) is 0 Å².